The smallest absolute Gasteiger partial charge is 0.257 e. The summed E-state index contributed by atoms with van der Waals surface area (Å²) < 4.78 is 26.9. The second kappa shape index (κ2) is 5.50. The predicted molar refractivity (Wildman–Crippen MR) is 88.6 cm³/mol. The lowest BCUT2D eigenvalue weighted by Crippen LogP contribution is -2.34. The van der Waals surface area contributed by atoms with Gasteiger partial charge in [0.1, 0.15) is 0 Å². The van der Waals surface area contributed by atoms with Crippen molar-refractivity contribution in [2.45, 2.75) is 26.2 Å². The fourth-order valence-electron chi connectivity index (χ4n) is 2.44. The third-order valence-corrected chi connectivity index (χ3v) is 6.10. The van der Waals surface area contributed by atoms with E-state index >= 15 is 0 Å². The monoisotopic (exact) mass is 322 g/mol. The Morgan fingerprint density at radius 2 is 2.05 bits per heavy atom. The quantitative estimate of drug-likeness (QED) is 0.857. The molecule has 0 saturated carbocycles. The summed E-state index contributed by atoms with van der Waals surface area (Å²) in [7, 11) is -3.27. The van der Waals surface area contributed by atoms with E-state index in [0.29, 0.717) is 17.6 Å². The molecule has 0 N–H and O–H groups in total. The summed E-state index contributed by atoms with van der Waals surface area (Å²) in [4.78, 5) is 1.99. The molecule has 0 amide bonds. The molecule has 112 valence electrons. The van der Waals surface area contributed by atoms with Crippen LogP contribution in [0.3, 0.4) is 0 Å². The van der Waals surface area contributed by atoms with Crippen LogP contribution in [-0.2, 0) is 10.0 Å². The van der Waals surface area contributed by atoms with Gasteiger partial charge in [-0.2, -0.15) is 0 Å². The molecule has 0 saturated heterocycles. The van der Waals surface area contributed by atoms with Gasteiger partial charge in [0, 0.05) is 12.0 Å². The highest BCUT2D eigenvalue weighted by atomic mass is 32.2. The van der Waals surface area contributed by atoms with Gasteiger partial charge in [-0.1, -0.05) is 49.9 Å². The van der Waals surface area contributed by atoms with Gasteiger partial charge in [0.05, 0.1) is 11.4 Å². The molecule has 0 bridgehead atoms. The van der Waals surface area contributed by atoms with Crippen LogP contribution in [0.1, 0.15) is 37.3 Å². The van der Waals surface area contributed by atoms with E-state index in [2.05, 4.69) is 42.5 Å². The lowest BCUT2D eigenvalue weighted by molar-refractivity contribution is 0.567. The second-order valence-corrected chi connectivity index (χ2v) is 7.95. The van der Waals surface area contributed by atoms with Crippen LogP contribution in [0.25, 0.3) is 5.70 Å². The van der Waals surface area contributed by atoms with Crippen molar-refractivity contribution in [2.75, 3.05) is 12.3 Å². The van der Waals surface area contributed by atoms with Crippen LogP contribution >= 0.6 is 11.8 Å². The molecule has 0 spiro atoms. The Kier molecular flexibility index (Phi) is 3.84. The fourth-order valence-corrected chi connectivity index (χ4v) is 4.59. The van der Waals surface area contributed by atoms with Gasteiger partial charge in [0.2, 0.25) is 0 Å². The van der Waals surface area contributed by atoms with Crippen LogP contribution in [0.15, 0.2) is 34.1 Å². The molecule has 4 nitrogen and oxygen atoms in total. The number of thioether (sulfide) groups is 1. The molecule has 1 atom stereocenters. The van der Waals surface area contributed by atoms with Crippen molar-refractivity contribution in [1.82, 2.24) is 4.90 Å². The SMILES string of the molecule is CCC(C)c1ccc(C2=CSC3=NS(=O)(=O)CCN23)cc1. The standard InChI is InChI=1S/C15H18N2O2S2/c1-3-11(2)12-4-6-13(7-5-12)14-10-20-15-16-21(18,19)9-8-17(14)15/h4-7,10-11H,3,8-9H2,1-2H3. The topological polar surface area (TPSA) is 49.7 Å². The number of hydrogen-bond acceptors (Lipinski definition) is 4. The number of rotatable bonds is 3. The molecule has 0 aromatic heterocycles. The Balaban J connectivity index is 1.86. The Bertz CT molecular complexity index is 706. The van der Waals surface area contributed by atoms with Gasteiger partial charge in [0.25, 0.3) is 10.0 Å². The van der Waals surface area contributed by atoms with Crippen LogP contribution in [0.2, 0.25) is 0 Å². The van der Waals surface area contributed by atoms with Crippen molar-refractivity contribution in [2.24, 2.45) is 4.40 Å². The summed E-state index contributed by atoms with van der Waals surface area (Å²) in [5.74, 6) is 0.641. The largest absolute Gasteiger partial charge is 0.318 e. The molecule has 2 heterocycles. The summed E-state index contributed by atoms with van der Waals surface area (Å²) in [6.45, 7) is 4.89. The fraction of sp³-hybridized carbons (Fsp3) is 0.400. The predicted octanol–water partition coefficient (Wildman–Crippen LogP) is 3.25. The normalized spacial score (nSPS) is 21.5. The summed E-state index contributed by atoms with van der Waals surface area (Å²) in [6.07, 6.45) is 1.12. The molecule has 1 aromatic rings. The average Bonchev–Trinajstić information content (AvgIpc) is 2.88. The number of fused-ring (bicyclic) bond motifs is 1. The maximum absolute atomic E-state index is 11.5. The van der Waals surface area contributed by atoms with Crippen LogP contribution in [0.4, 0.5) is 0 Å². The molecule has 0 fully saturated rings. The molecule has 2 aliphatic rings. The lowest BCUT2D eigenvalue weighted by atomic mass is 9.97. The molecule has 0 aliphatic carbocycles. The summed E-state index contributed by atoms with van der Waals surface area (Å²) >= 11 is 1.38. The van der Waals surface area contributed by atoms with Crippen LogP contribution in [0.5, 0.6) is 0 Å². The lowest BCUT2D eigenvalue weighted by Gasteiger charge is -2.25. The maximum atomic E-state index is 11.5. The van der Waals surface area contributed by atoms with Crippen molar-refractivity contribution in [3.8, 4) is 0 Å². The molecule has 0 radical (unpaired) electrons. The average molecular weight is 322 g/mol. The van der Waals surface area contributed by atoms with Crippen LogP contribution in [-0.4, -0.2) is 30.8 Å². The highest BCUT2D eigenvalue weighted by Gasteiger charge is 2.31. The summed E-state index contributed by atoms with van der Waals surface area (Å²) in [5.41, 5.74) is 3.49. The third-order valence-electron chi connectivity index (χ3n) is 3.98. The summed E-state index contributed by atoms with van der Waals surface area (Å²) in [5, 5.41) is 2.56. The van der Waals surface area contributed by atoms with E-state index in [9.17, 15) is 8.42 Å². The highest BCUT2D eigenvalue weighted by Crippen LogP contribution is 2.35. The minimum Gasteiger partial charge on any atom is -0.318 e. The molecule has 6 heteroatoms. The Hall–Kier alpha value is -1.27. The number of hydrogen-bond donors (Lipinski definition) is 0. The van der Waals surface area contributed by atoms with Gasteiger partial charge >= 0.3 is 0 Å². The van der Waals surface area contributed by atoms with E-state index in [1.54, 1.807) is 0 Å². The van der Waals surface area contributed by atoms with Crippen molar-refractivity contribution in [3.63, 3.8) is 0 Å². The first-order chi connectivity index (χ1) is 10.00. The van der Waals surface area contributed by atoms with Crippen LogP contribution in [0, 0.1) is 0 Å². The molecular weight excluding hydrogens is 304 g/mol. The number of nitrogens with zero attached hydrogens (tertiary/aromatic N) is 2. The van der Waals surface area contributed by atoms with Crippen molar-refractivity contribution in [3.05, 3.63) is 40.8 Å². The zero-order valence-electron chi connectivity index (χ0n) is 12.1. The number of amidine groups is 1. The zero-order valence-corrected chi connectivity index (χ0v) is 13.7. The van der Waals surface area contributed by atoms with E-state index < -0.39 is 10.0 Å². The van der Waals surface area contributed by atoms with E-state index in [1.807, 2.05) is 10.3 Å². The van der Waals surface area contributed by atoms with E-state index in [-0.39, 0.29) is 5.75 Å². The van der Waals surface area contributed by atoms with Gasteiger partial charge in [-0.25, -0.2) is 8.42 Å². The Labute approximate surface area is 130 Å². The number of benzene rings is 1. The number of sulfonamides is 1. The van der Waals surface area contributed by atoms with Crippen molar-refractivity contribution >= 4 is 32.6 Å². The summed E-state index contributed by atoms with van der Waals surface area (Å²) in [6, 6.07) is 8.54. The first kappa shape index (κ1) is 14.7. The molecule has 1 unspecified atom stereocenters. The third kappa shape index (κ3) is 2.87. The van der Waals surface area contributed by atoms with Crippen LogP contribution < -0.4 is 0 Å². The van der Waals surface area contributed by atoms with Gasteiger partial charge in [-0.3, -0.25) is 0 Å². The highest BCUT2D eigenvalue weighted by molar-refractivity contribution is 8.17. The molecular formula is C15H18N2O2S2. The van der Waals surface area contributed by atoms with E-state index in [4.69, 9.17) is 0 Å². The van der Waals surface area contributed by atoms with Gasteiger partial charge in [0.15, 0.2) is 5.17 Å². The van der Waals surface area contributed by atoms with Crippen molar-refractivity contribution < 1.29 is 8.42 Å². The maximum Gasteiger partial charge on any atom is 0.257 e. The first-order valence-corrected chi connectivity index (χ1v) is 9.56. The Morgan fingerprint density at radius 3 is 2.71 bits per heavy atom. The first-order valence-electron chi connectivity index (χ1n) is 7.07. The molecule has 2 aliphatic heterocycles. The Morgan fingerprint density at radius 1 is 1.33 bits per heavy atom. The molecule has 21 heavy (non-hydrogen) atoms. The van der Waals surface area contributed by atoms with Crippen molar-refractivity contribution in [1.29, 1.82) is 0 Å². The van der Waals surface area contributed by atoms with Gasteiger partial charge in [-0.15, -0.1) is 4.40 Å². The van der Waals surface area contributed by atoms with Gasteiger partial charge < -0.3 is 4.90 Å². The minimum absolute atomic E-state index is 0.0827. The second-order valence-electron chi connectivity index (χ2n) is 5.36. The van der Waals surface area contributed by atoms with Gasteiger partial charge in [-0.05, 0) is 23.5 Å². The van der Waals surface area contributed by atoms with E-state index in [0.717, 1.165) is 17.7 Å². The minimum atomic E-state index is -3.27. The zero-order chi connectivity index (χ0) is 15.0. The molecule has 1 aromatic carbocycles. The molecule has 3 rings (SSSR count). The van der Waals surface area contributed by atoms with E-state index in [1.165, 1.54) is 17.3 Å².